The summed E-state index contributed by atoms with van der Waals surface area (Å²) in [5, 5.41) is 0. The molecule has 1 saturated heterocycles. The first-order valence-corrected chi connectivity index (χ1v) is 7.91. The fourth-order valence-electron chi connectivity index (χ4n) is 3.89. The lowest BCUT2D eigenvalue weighted by atomic mass is 9.86. The number of nitrogens with zero attached hydrogens (tertiary/aromatic N) is 3. The van der Waals surface area contributed by atoms with Gasteiger partial charge >= 0.3 is 0 Å². The van der Waals surface area contributed by atoms with Crippen LogP contribution in [0.2, 0.25) is 0 Å². The fraction of sp³-hybridized carbons (Fsp3) is 1.00. The van der Waals surface area contributed by atoms with E-state index in [1.165, 1.54) is 58.5 Å². The lowest BCUT2D eigenvalue weighted by Crippen LogP contribution is -2.61. The highest BCUT2D eigenvalue weighted by atomic mass is 15.3. The summed E-state index contributed by atoms with van der Waals surface area (Å²) in [6.45, 7) is 10.4. The molecule has 1 saturated carbocycles. The van der Waals surface area contributed by atoms with Crippen molar-refractivity contribution in [2.24, 2.45) is 11.7 Å². The minimum absolute atomic E-state index is 0.313. The quantitative estimate of drug-likeness (QED) is 0.795. The molecular weight excluding hydrogens is 236 g/mol. The Hall–Kier alpha value is -0.160. The molecule has 2 unspecified atom stereocenters. The van der Waals surface area contributed by atoms with Crippen LogP contribution in [0.3, 0.4) is 0 Å². The van der Waals surface area contributed by atoms with Gasteiger partial charge in [-0.3, -0.25) is 9.80 Å². The summed E-state index contributed by atoms with van der Waals surface area (Å²) in [5.74, 6) is 0.769. The van der Waals surface area contributed by atoms with E-state index in [1.54, 1.807) is 0 Å². The van der Waals surface area contributed by atoms with Gasteiger partial charge in [-0.25, -0.2) is 0 Å². The number of rotatable bonds is 5. The maximum absolute atomic E-state index is 6.16. The van der Waals surface area contributed by atoms with Crippen molar-refractivity contribution >= 4 is 0 Å². The van der Waals surface area contributed by atoms with Gasteiger partial charge in [-0.15, -0.1) is 0 Å². The van der Waals surface area contributed by atoms with Gasteiger partial charge in [-0.1, -0.05) is 13.3 Å². The van der Waals surface area contributed by atoms with Crippen molar-refractivity contribution in [2.45, 2.75) is 31.7 Å². The van der Waals surface area contributed by atoms with Crippen molar-refractivity contribution < 1.29 is 0 Å². The molecule has 0 amide bonds. The highest BCUT2D eigenvalue weighted by Gasteiger charge is 2.44. The monoisotopic (exact) mass is 268 g/mol. The second kappa shape index (κ2) is 6.53. The van der Waals surface area contributed by atoms with Crippen LogP contribution in [-0.4, -0.2) is 80.1 Å². The average Bonchev–Trinajstić information content (AvgIpc) is 2.79. The summed E-state index contributed by atoms with van der Waals surface area (Å²) in [6.07, 6.45) is 4.03. The van der Waals surface area contributed by atoms with Crippen LogP contribution in [0.1, 0.15) is 26.2 Å². The van der Waals surface area contributed by atoms with Gasteiger partial charge in [0, 0.05) is 51.4 Å². The topological polar surface area (TPSA) is 35.7 Å². The van der Waals surface area contributed by atoms with Crippen LogP contribution in [0.25, 0.3) is 0 Å². The van der Waals surface area contributed by atoms with Gasteiger partial charge in [0.05, 0.1) is 0 Å². The third-order valence-electron chi connectivity index (χ3n) is 5.38. The van der Waals surface area contributed by atoms with E-state index in [2.05, 4.69) is 35.7 Å². The Morgan fingerprint density at radius 3 is 2.37 bits per heavy atom. The van der Waals surface area contributed by atoms with E-state index in [9.17, 15) is 0 Å². The van der Waals surface area contributed by atoms with Crippen LogP contribution in [0, 0.1) is 5.92 Å². The molecule has 0 spiro atoms. The Balaban J connectivity index is 1.85. The number of likely N-dealkylation sites (N-methyl/N-ethyl adjacent to an activating group) is 1. The fourth-order valence-corrected chi connectivity index (χ4v) is 3.89. The van der Waals surface area contributed by atoms with Gasteiger partial charge in [0.2, 0.25) is 0 Å². The molecule has 0 radical (unpaired) electrons. The highest BCUT2D eigenvalue weighted by molar-refractivity contribution is 5.01. The highest BCUT2D eigenvalue weighted by Crippen LogP contribution is 2.39. The van der Waals surface area contributed by atoms with Gasteiger partial charge < -0.3 is 10.6 Å². The minimum Gasteiger partial charge on any atom is -0.329 e. The normalized spacial score (nSPS) is 34.3. The number of nitrogens with two attached hydrogens (primary N) is 1. The molecule has 1 heterocycles. The maximum Gasteiger partial charge on any atom is 0.0358 e. The SMILES string of the molecule is CC1CCCC1(CN)N1CCN(CCN(C)C)CC1. The predicted molar refractivity (Wildman–Crippen MR) is 81.4 cm³/mol. The Kier molecular flexibility index (Phi) is 5.23. The van der Waals surface area contributed by atoms with E-state index < -0.39 is 0 Å². The average molecular weight is 268 g/mol. The Morgan fingerprint density at radius 1 is 1.21 bits per heavy atom. The molecule has 2 aliphatic rings. The Morgan fingerprint density at radius 2 is 1.89 bits per heavy atom. The summed E-state index contributed by atoms with van der Waals surface area (Å²) in [6, 6.07) is 0. The second-order valence-electron chi connectivity index (χ2n) is 6.73. The predicted octanol–water partition coefficient (Wildman–Crippen LogP) is 0.683. The van der Waals surface area contributed by atoms with Crippen LogP contribution in [0.5, 0.6) is 0 Å². The molecule has 112 valence electrons. The molecular formula is C15H32N4. The molecule has 0 bridgehead atoms. The van der Waals surface area contributed by atoms with Crippen molar-refractivity contribution in [2.75, 3.05) is 59.9 Å². The number of hydrogen-bond donors (Lipinski definition) is 1. The van der Waals surface area contributed by atoms with Gasteiger partial charge in [0.1, 0.15) is 0 Å². The van der Waals surface area contributed by atoms with Crippen LogP contribution in [0.4, 0.5) is 0 Å². The third kappa shape index (κ3) is 3.30. The number of hydrogen-bond acceptors (Lipinski definition) is 4. The van der Waals surface area contributed by atoms with E-state index in [-0.39, 0.29) is 0 Å². The second-order valence-corrected chi connectivity index (χ2v) is 6.73. The molecule has 2 atom stereocenters. The molecule has 2 rings (SSSR count). The summed E-state index contributed by atoms with van der Waals surface area (Å²) in [5.41, 5.74) is 6.47. The first kappa shape index (κ1) is 15.2. The van der Waals surface area contributed by atoms with E-state index in [4.69, 9.17) is 5.73 Å². The zero-order valence-electron chi connectivity index (χ0n) is 13.1. The van der Waals surface area contributed by atoms with Gasteiger partial charge in [-0.05, 0) is 32.9 Å². The van der Waals surface area contributed by atoms with Crippen LogP contribution < -0.4 is 5.73 Å². The lowest BCUT2D eigenvalue weighted by Gasteiger charge is -2.48. The molecule has 19 heavy (non-hydrogen) atoms. The molecule has 1 aliphatic carbocycles. The van der Waals surface area contributed by atoms with Crippen molar-refractivity contribution in [3.63, 3.8) is 0 Å². The van der Waals surface area contributed by atoms with Crippen molar-refractivity contribution in [3.05, 3.63) is 0 Å². The van der Waals surface area contributed by atoms with Gasteiger partial charge in [0.25, 0.3) is 0 Å². The minimum atomic E-state index is 0.313. The van der Waals surface area contributed by atoms with E-state index in [0.29, 0.717) is 5.54 Å². The molecule has 0 aromatic carbocycles. The molecule has 2 N–H and O–H groups in total. The number of piperazine rings is 1. The van der Waals surface area contributed by atoms with Crippen molar-refractivity contribution in [1.29, 1.82) is 0 Å². The van der Waals surface area contributed by atoms with Crippen LogP contribution >= 0.6 is 0 Å². The van der Waals surface area contributed by atoms with Crippen molar-refractivity contribution in [1.82, 2.24) is 14.7 Å². The van der Waals surface area contributed by atoms with Crippen LogP contribution in [-0.2, 0) is 0 Å². The largest absolute Gasteiger partial charge is 0.329 e. The van der Waals surface area contributed by atoms with Gasteiger partial charge in [-0.2, -0.15) is 0 Å². The van der Waals surface area contributed by atoms with Gasteiger partial charge in [0.15, 0.2) is 0 Å². The Labute approximate surface area is 118 Å². The third-order valence-corrected chi connectivity index (χ3v) is 5.38. The smallest absolute Gasteiger partial charge is 0.0358 e. The molecule has 2 fully saturated rings. The first-order valence-electron chi connectivity index (χ1n) is 7.91. The molecule has 4 nitrogen and oxygen atoms in total. The van der Waals surface area contributed by atoms with Crippen molar-refractivity contribution in [3.8, 4) is 0 Å². The zero-order valence-corrected chi connectivity index (χ0v) is 13.1. The molecule has 0 aromatic heterocycles. The lowest BCUT2D eigenvalue weighted by molar-refractivity contribution is 0.0153. The molecule has 4 heteroatoms. The molecule has 1 aliphatic heterocycles. The summed E-state index contributed by atoms with van der Waals surface area (Å²) in [4.78, 5) is 7.57. The zero-order chi connectivity index (χ0) is 13.9. The summed E-state index contributed by atoms with van der Waals surface area (Å²) in [7, 11) is 4.31. The first-order chi connectivity index (χ1) is 9.08. The van der Waals surface area contributed by atoms with Crippen LogP contribution in [0.15, 0.2) is 0 Å². The summed E-state index contributed by atoms with van der Waals surface area (Å²) < 4.78 is 0. The molecule has 0 aromatic rings. The van der Waals surface area contributed by atoms with E-state index >= 15 is 0 Å². The Bertz CT molecular complexity index is 273. The maximum atomic E-state index is 6.16. The van der Waals surface area contributed by atoms with E-state index in [1.807, 2.05) is 0 Å². The standard InChI is InChI=1S/C15H32N4/c1-14-5-4-6-15(14,13-16)19-11-9-18(10-12-19)8-7-17(2)3/h14H,4-13,16H2,1-3H3. The summed E-state index contributed by atoms with van der Waals surface area (Å²) >= 11 is 0. The van der Waals surface area contributed by atoms with E-state index in [0.717, 1.165) is 12.5 Å².